The Morgan fingerprint density at radius 2 is 1.33 bits per heavy atom. The second kappa shape index (κ2) is 6.70. The molecule has 3 fully saturated rings. The summed E-state index contributed by atoms with van der Waals surface area (Å²) in [6, 6.07) is 21.1. The highest BCUT2D eigenvalue weighted by molar-refractivity contribution is 5.22. The van der Waals surface area contributed by atoms with Gasteiger partial charge in [-0.05, 0) is 17.0 Å². The van der Waals surface area contributed by atoms with E-state index in [1.807, 2.05) is 0 Å². The second-order valence-corrected chi connectivity index (χ2v) is 7.83. The van der Waals surface area contributed by atoms with Crippen molar-refractivity contribution < 1.29 is 10.0 Å². The fraction of sp³-hybridized carbons (Fsp3) is 0.455. The number of nitrogens with one attached hydrogen (secondary N) is 1. The zero-order valence-electron chi connectivity index (χ0n) is 14.3. The molecule has 0 aromatic heterocycles. The molecule has 0 spiro atoms. The number of rotatable bonds is 5. The summed E-state index contributed by atoms with van der Waals surface area (Å²) in [4.78, 5) is 1.70. The van der Waals surface area contributed by atoms with Crippen molar-refractivity contribution in [1.82, 2.24) is 0 Å². The first-order chi connectivity index (χ1) is 11.7. The smallest absolute Gasteiger partial charge is 0.0830 e. The molecule has 2 N–H and O–H groups in total. The van der Waals surface area contributed by atoms with Gasteiger partial charge in [0.2, 0.25) is 0 Å². The topological polar surface area (TPSA) is 24.7 Å². The highest BCUT2D eigenvalue weighted by atomic mass is 16.3. The van der Waals surface area contributed by atoms with Crippen molar-refractivity contribution in [2.75, 3.05) is 19.6 Å². The summed E-state index contributed by atoms with van der Waals surface area (Å²) in [5.74, 6) is 1.11. The molecule has 0 aliphatic carbocycles. The van der Waals surface area contributed by atoms with E-state index in [9.17, 15) is 5.11 Å². The normalized spacial score (nSPS) is 26.5. The van der Waals surface area contributed by atoms with Crippen LogP contribution in [-0.2, 0) is 12.8 Å². The van der Waals surface area contributed by atoms with Crippen LogP contribution in [0.3, 0.4) is 0 Å². The van der Waals surface area contributed by atoms with Gasteiger partial charge in [0.25, 0.3) is 0 Å². The molecule has 2 aromatic carbocycles. The third-order valence-corrected chi connectivity index (χ3v) is 6.21. The van der Waals surface area contributed by atoms with Crippen LogP contribution < -0.4 is 4.90 Å². The highest BCUT2D eigenvalue weighted by Crippen LogP contribution is 2.37. The molecular weight excluding hydrogens is 294 g/mol. The van der Waals surface area contributed by atoms with Gasteiger partial charge in [0.15, 0.2) is 0 Å². The molecule has 0 unspecified atom stereocenters. The molecule has 2 heteroatoms. The van der Waals surface area contributed by atoms with E-state index in [-0.39, 0.29) is 0 Å². The first kappa shape index (κ1) is 15.9. The Balaban J connectivity index is 1.63. The lowest BCUT2D eigenvalue weighted by molar-refractivity contribution is -0.922. The van der Waals surface area contributed by atoms with Crippen LogP contribution in [-0.4, -0.2) is 30.3 Å². The third-order valence-electron chi connectivity index (χ3n) is 6.21. The quantitative estimate of drug-likeness (QED) is 0.866. The van der Waals surface area contributed by atoms with E-state index in [1.165, 1.54) is 37.1 Å². The summed E-state index contributed by atoms with van der Waals surface area (Å²) in [6.07, 6.45) is 4.09. The van der Waals surface area contributed by atoms with Gasteiger partial charge in [0.1, 0.15) is 0 Å². The van der Waals surface area contributed by atoms with Crippen molar-refractivity contribution in [2.24, 2.45) is 11.8 Å². The van der Waals surface area contributed by atoms with Crippen LogP contribution >= 0.6 is 0 Å². The average molecular weight is 322 g/mol. The van der Waals surface area contributed by atoms with Gasteiger partial charge >= 0.3 is 0 Å². The molecular formula is C22H28NO+. The molecule has 3 saturated heterocycles. The summed E-state index contributed by atoms with van der Waals surface area (Å²) >= 11 is 0. The summed E-state index contributed by atoms with van der Waals surface area (Å²) in [5, 5.41) is 11.9. The van der Waals surface area contributed by atoms with E-state index in [1.54, 1.807) is 4.90 Å². The third kappa shape index (κ3) is 3.26. The molecule has 5 rings (SSSR count). The van der Waals surface area contributed by atoms with Crippen molar-refractivity contribution in [3.63, 3.8) is 0 Å². The number of hydrogen-bond acceptors (Lipinski definition) is 1. The molecule has 0 amide bonds. The fourth-order valence-electron chi connectivity index (χ4n) is 4.98. The molecule has 126 valence electrons. The zero-order chi connectivity index (χ0) is 16.4. The predicted octanol–water partition coefficient (Wildman–Crippen LogP) is 2.13. The minimum absolute atomic E-state index is 0.412. The van der Waals surface area contributed by atoms with Crippen LogP contribution in [0.2, 0.25) is 0 Å². The van der Waals surface area contributed by atoms with E-state index in [0.717, 1.165) is 19.4 Å². The van der Waals surface area contributed by atoms with E-state index < -0.39 is 5.60 Å². The van der Waals surface area contributed by atoms with Crippen molar-refractivity contribution in [3.05, 3.63) is 71.8 Å². The minimum atomic E-state index is -0.639. The van der Waals surface area contributed by atoms with Crippen LogP contribution in [0.25, 0.3) is 0 Å². The first-order valence-electron chi connectivity index (χ1n) is 9.37. The monoisotopic (exact) mass is 322 g/mol. The lowest BCUT2D eigenvalue weighted by Crippen LogP contribution is -3.16. The van der Waals surface area contributed by atoms with Gasteiger partial charge < -0.3 is 10.0 Å². The Morgan fingerprint density at radius 3 is 1.75 bits per heavy atom. The molecule has 2 bridgehead atoms. The molecule has 24 heavy (non-hydrogen) atoms. The Hall–Kier alpha value is -1.64. The van der Waals surface area contributed by atoms with Crippen LogP contribution in [0.5, 0.6) is 0 Å². The lowest BCUT2D eigenvalue weighted by Gasteiger charge is -2.49. The maximum Gasteiger partial charge on any atom is 0.0830 e. The van der Waals surface area contributed by atoms with Gasteiger partial charge in [-0.2, -0.15) is 0 Å². The Morgan fingerprint density at radius 1 is 0.833 bits per heavy atom. The van der Waals surface area contributed by atoms with Gasteiger partial charge in [-0.25, -0.2) is 0 Å². The zero-order valence-corrected chi connectivity index (χ0v) is 14.3. The fourth-order valence-corrected chi connectivity index (χ4v) is 4.98. The maximum atomic E-state index is 11.9. The molecule has 0 radical (unpaired) electrons. The van der Waals surface area contributed by atoms with Gasteiger partial charge in [-0.15, -0.1) is 0 Å². The van der Waals surface area contributed by atoms with Gasteiger partial charge in [0.05, 0.1) is 25.2 Å². The predicted molar refractivity (Wildman–Crippen MR) is 97.0 cm³/mol. The molecule has 3 aliphatic heterocycles. The summed E-state index contributed by atoms with van der Waals surface area (Å²) in [7, 11) is 0. The molecule has 3 aliphatic rings. The summed E-state index contributed by atoms with van der Waals surface area (Å²) < 4.78 is 0. The molecule has 0 saturated carbocycles. The van der Waals surface area contributed by atoms with Crippen molar-refractivity contribution in [2.45, 2.75) is 31.3 Å². The maximum absolute atomic E-state index is 11.9. The number of benzene rings is 2. The number of piperidine rings is 3. The first-order valence-corrected chi connectivity index (χ1v) is 9.37. The van der Waals surface area contributed by atoms with Gasteiger partial charge in [-0.1, -0.05) is 60.7 Å². The second-order valence-electron chi connectivity index (χ2n) is 7.83. The van der Waals surface area contributed by atoms with E-state index in [2.05, 4.69) is 60.7 Å². The van der Waals surface area contributed by atoms with E-state index >= 15 is 0 Å². The van der Waals surface area contributed by atoms with Crippen molar-refractivity contribution in [3.8, 4) is 0 Å². The van der Waals surface area contributed by atoms with Crippen molar-refractivity contribution >= 4 is 0 Å². The molecule has 2 aromatic rings. The number of fused-ring (bicyclic) bond motifs is 3. The lowest BCUT2D eigenvalue weighted by atomic mass is 9.66. The van der Waals surface area contributed by atoms with Gasteiger partial charge in [-0.3, -0.25) is 0 Å². The van der Waals surface area contributed by atoms with Crippen molar-refractivity contribution in [1.29, 1.82) is 0 Å². The summed E-state index contributed by atoms with van der Waals surface area (Å²) in [5.41, 5.74) is 1.86. The van der Waals surface area contributed by atoms with Crippen LogP contribution in [0, 0.1) is 11.8 Å². The van der Waals surface area contributed by atoms with E-state index in [4.69, 9.17) is 0 Å². The SMILES string of the molecule is OC(Cc1ccccc1)(Cc1ccccc1)[C@@H]1C[NH+]2CCC1CC2. The summed E-state index contributed by atoms with van der Waals surface area (Å²) in [6.45, 7) is 3.74. The van der Waals surface area contributed by atoms with Crippen LogP contribution in [0.15, 0.2) is 60.7 Å². The Labute approximate surface area is 145 Å². The van der Waals surface area contributed by atoms with Gasteiger partial charge in [0, 0.05) is 31.6 Å². The minimum Gasteiger partial charge on any atom is -0.389 e. The Bertz CT molecular complexity index is 605. The number of quaternary nitrogens is 1. The number of aliphatic hydroxyl groups is 1. The standard InChI is InChI=1S/C22H27NO/c24-22(15-18-7-3-1-4-8-18,16-19-9-5-2-6-10-19)21-17-23-13-11-20(21)12-14-23/h1-10,20-21,24H,11-17H2/p+1/t21-/m1/s1. The Kier molecular flexibility index (Phi) is 4.43. The van der Waals surface area contributed by atoms with Crippen LogP contribution in [0.1, 0.15) is 24.0 Å². The highest BCUT2D eigenvalue weighted by Gasteiger charge is 2.48. The molecule has 2 nitrogen and oxygen atoms in total. The number of hydrogen-bond donors (Lipinski definition) is 2. The van der Waals surface area contributed by atoms with Crippen LogP contribution in [0.4, 0.5) is 0 Å². The molecule has 3 heterocycles. The average Bonchev–Trinajstić information content (AvgIpc) is 2.64. The largest absolute Gasteiger partial charge is 0.389 e. The molecule has 1 atom stereocenters. The van der Waals surface area contributed by atoms with E-state index in [0.29, 0.717) is 11.8 Å².